The topological polar surface area (TPSA) is 101 Å². The Morgan fingerprint density at radius 1 is 1.57 bits per heavy atom. The van der Waals surface area contributed by atoms with Gasteiger partial charge < -0.3 is 10.1 Å². The van der Waals surface area contributed by atoms with Gasteiger partial charge in [-0.15, -0.1) is 0 Å². The Kier molecular flexibility index (Phi) is 5.23. The van der Waals surface area contributed by atoms with Gasteiger partial charge in [0.2, 0.25) is 0 Å². The molecule has 1 saturated heterocycles. The van der Waals surface area contributed by atoms with Crippen LogP contribution in [0, 0.1) is 5.92 Å². The first-order valence-corrected chi connectivity index (χ1v) is 9.12. The maximum atomic E-state index is 12.1. The monoisotopic (exact) mass is 335 g/mol. The summed E-state index contributed by atoms with van der Waals surface area (Å²) in [6, 6.07) is 0. The lowest BCUT2D eigenvalue weighted by molar-refractivity contribution is 0.0942. The van der Waals surface area contributed by atoms with E-state index in [1.807, 2.05) is 0 Å². The lowest BCUT2D eigenvalue weighted by Gasteiger charge is -2.08. The zero-order valence-corrected chi connectivity index (χ0v) is 13.3. The van der Waals surface area contributed by atoms with E-state index in [0.29, 0.717) is 31.2 Å². The Morgan fingerprint density at radius 2 is 2.33 bits per heavy atom. The molecule has 1 aromatic heterocycles. The zero-order chi connectivity index (χ0) is 15.5. The molecule has 1 aromatic rings. The first-order chi connectivity index (χ1) is 9.93. The van der Waals surface area contributed by atoms with Gasteiger partial charge in [0.15, 0.2) is 5.69 Å². The van der Waals surface area contributed by atoms with Crippen LogP contribution < -0.4 is 5.32 Å². The third-order valence-corrected chi connectivity index (χ3v) is 4.86. The number of carbonyl (C=O) groups is 1. The third kappa shape index (κ3) is 3.96. The number of nitrogens with zero attached hydrogens (tertiary/aromatic N) is 1. The summed E-state index contributed by atoms with van der Waals surface area (Å²) in [5.41, 5.74) is 0.156. The Bertz CT molecular complexity index is 608. The average molecular weight is 336 g/mol. The summed E-state index contributed by atoms with van der Waals surface area (Å²) >= 11 is 0. The molecule has 0 saturated carbocycles. The molecule has 0 spiro atoms. The maximum absolute atomic E-state index is 12.1. The van der Waals surface area contributed by atoms with Crippen molar-refractivity contribution in [1.29, 1.82) is 0 Å². The molecule has 2 rings (SSSR count). The summed E-state index contributed by atoms with van der Waals surface area (Å²) in [6.45, 7) is 3.66. The number of aryl methyl sites for hydroxylation is 1. The molecule has 118 valence electrons. The van der Waals surface area contributed by atoms with E-state index in [2.05, 4.69) is 15.5 Å². The van der Waals surface area contributed by atoms with Gasteiger partial charge in [0.05, 0.1) is 5.69 Å². The van der Waals surface area contributed by atoms with Gasteiger partial charge in [0, 0.05) is 30.4 Å². The third-order valence-electron chi connectivity index (χ3n) is 3.47. The molecule has 2 heterocycles. The number of rotatable bonds is 6. The van der Waals surface area contributed by atoms with E-state index < -0.39 is 15.0 Å². The minimum atomic E-state index is -4.02. The highest BCUT2D eigenvalue weighted by molar-refractivity contribution is 8.13. The number of halogens is 1. The molecule has 1 amide bonds. The van der Waals surface area contributed by atoms with E-state index in [9.17, 15) is 13.2 Å². The van der Waals surface area contributed by atoms with Gasteiger partial charge in [-0.25, -0.2) is 8.42 Å². The quantitative estimate of drug-likeness (QED) is 0.757. The molecular weight excluding hydrogens is 318 g/mol. The highest BCUT2D eigenvalue weighted by atomic mass is 35.7. The van der Waals surface area contributed by atoms with Crippen molar-refractivity contribution in [2.45, 2.75) is 31.1 Å². The van der Waals surface area contributed by atoms with Crippen molar-refractivity contribution in [2.75, 3.05) is 19.8 Å². The average Bonchev–Trinajstić information content (AvgIpc) is 3.06. The Balaban J connectivity index is 2.03. The molecule has 9 heteroatoms. The molecule has 0 aromatic carbocycles. The van der Waals surface area contributed by atoms with Gasteiger partial charge in [-0.3, -0.25) is 9.89 Å². The second-order valence-electron chi connectivity index (χ2n) is 4.95. The molecule has 1 fully saturated rings. The summed E-state index contributed by atoms with van der Waals surface area (Å²) in [5, 5.41) is 9.00. The number of ether oxygens (including phenoxy) is 1. The molecule has 1 aliphatic rings. The van der Waals surface area contributed by atoms with Crippen molar-refractivity contribution >= 4 is 25.6 Å². The molecule has 1 aliphatic heterocycles. The molecule has 7 nitrogen and oxygen atoms in total. The van der Waals surface area contributed by atoms with Crippen LogP contribution in [0.15, 0.2) is 4.90 Å². The van der Waals surface area contributed by atoms with E-state index in [4.69, 9.17) is 15.4 Å². The smallest absolute Gasteiger partial charge is 0.273 e. The fraction of sp³-hybridized carbons (Fsp3) is 0.667. The van der Waals surface area contributed by atoms with Crippen LogP contribution in [-0.4, -0.2) is 44.3 Å². The number of aromatic amines is 1. The summed E-state index contributed by atoms with van der Waals surface area (Å²) in [6.07, 6.45) is 2.17. The second-order valence-corrected chi connectivity index (χ2v) is 7.45. The summed E-state index contributed by atoms with van der Waals surface area (Å²) in [7, 11) is 1.37. The van der Waals surface area contributed by atoms with Crippen molar-refractivity contribution in [2.24, 2.45) is 5.92 Å². The zero-order valence-electron chi connectivity index (χ0n) is 11.7. The van der Waals surface area contributed by atoms with E-state index in [-0.39, 0.29) is 10.6 Å². The molecule has 2 N–H and O–H groups in total. The lowest BCUT2D eigenvalue weighted by atomic mass is 10.1. The predicted octanol–water partition coefficient (Wildman–Crippen LogP) is 1.06. The first kappa shape index (κ1) is 16.3. The van der Waals surface area contributed by atoms with Crippen molar-refractivity contribution in [3.63, 3.8) is 0 Å². The number of H-pyrrole nitrogens is 1. The van der Waals surface area contributed by atoms with Crippen LogP contribution in [0.2, 0.25) is 0 Å². The number of carbonyl (C=O) groups excluding carboxylic acids is 1. The van der Waals surface area contributed by atoms with Crippen LogP contribution in [-0.2, 0) is 20.2 Å². The van der Waals surface area contributed by atoms with Crippen LogP contribution in [0.3, 0.4) is 0 Å². The highest BCUT2D eigenvalue weighted by Gasteiger charge is 2.27. The standard InChI is InChI=1S/C12H18ClN3O4S/c1-2-9-11(21(13,18)19)10(16-15-9)12(17)14-5-3-8-4-6-20-7-8/h8H,2-7H2,1H3,(H,14,17)(H,15,16). The van der Waals surface area contributed by atoms with E-state index in [0.717, 1.165) is 19.4 Å². The number of amides is 1. The molecule has 1 atom stereocenters. The number of aromatic nitrogens is 2. The number of nitrogens with one attached hydrogen (secondary N) is 2. The Labute approximate surface area is 127 Å². The van der Waals surface area contributed by atoms with Gasteiger partial charge in [-0.2, -0.15) is 5.10 Å². The van der Waals surface area contributed by atoms with Crippen LogP contribution in [0.1, 0.15) is 35.9 Å². The molecular formula is C12H18ClN3O4S. The molecule has 0 aliphatic carbocycles. The van der Waals surface area contributed by atoms with Crippen molar-refractivity contribution in [3.05, 3.63) is 11.4 Å². The van der Waals surface area contributed by atoms with E-state index in [1.54, 1.807) is 6.92 Å². The van der Waals surface area contributed by atoms with Crippen LogP contribution in [0.4, 0.5) is 0 Å². The van der Waals surface area contributed by atoms with Crippen LogP contribution in [0.5, 0.6) is 0 Å². The SMILES string of the molecule is CCc1[nH]nc(C(=O)NCCC2CCOC2)c1S(=O)(=O)Cl. The van der Waals surface area contributed by atoms with Gasteiger partial charge in [0.25, 0.3) is 15.0 Å². The van der Waals surface area contributed by atoms with Crippen molar-refractivity contribution in [1.82, 2.24) is 15.5 Å². The summed E-state index contributed by atoms with van der Waals surface area (Å²) in [5.74, 6) is -0.101. The highest BCUT2D eigenvalue weighted by Crippen LogP contribution is 2.23. The second kappa shape index (κ2) is 6.76. The van der Waals surface area contributed by atoms with Crippen LogP contribution >= 0.6 is 10.7 Å². The van der Waals surface area contributed by atoms with Crippen molar-refractivity contribution < 1.29 is 17.9 Å². The van der Waals surface area contributed by atoms with Gasteiger partial charge in [0.1, 0.15) is 4.90 Å². The minimum absolute atomic E-state index is 0.176. The molecule has 1 unspecified atom stereocenters. The molecule has 0 radical (unpaired) electrons. The van der Waals surface area contributed by atoms with Gasteiger partial charge in [-0.1, -0.05) is 6.92 Å². The Morgan fingerprint density at radius 3 is 2.90 bits per heavy atom. The predicted molar refractivity (Wildman–Crippen MR) is 76.9 cm³/mol. The number of hydrogen-bond donors (Lipinski definition) is 2. The first-order valence-electron chi connectivity index (χ1n) is 6.81. The van der Waals surface area contributed by atoms with Gasteiger partial charge in [-0.05, 0) is 25.2 Å². The van der Waals surface area contributed by atoms with Crippen LogP contribution in [0.25, 0.3) is 0 Å². The lowest BCUT2D eigenvalue weighted by Crippen LogP contribution is -2.27. The fourth-order valence-electron chi connectivity index (χ4n) is 2.31. The summed E-state index contributed by atoms with van der Waals surface area (Å²) in [4.78, 5) is 11.8. The summed E-state index contributed by atoms with van der Waals surface area (Å²) < 4.78 is 28.4. The largest absolute Gasteiger partial charge is 0.381 e. The van der Waals surface area contributed by atoms with E-state index in [1.165, 1.54) is 0 Å². The maximum Gasteiger partial charge on any atom is 0.273 e. The Hall–Kier alpha value is -1.12. The normalized spacial score (nSPS) is 18.9. The number of hydrogen-bond acceptors (Lipinski definition) is 5. The molecule has 21 heavy (non-hydrogen) atoms. The molecule has 0 bridgehead atoms. The van der Waals surface area contributed by atoms with Gasteiger partial charge >= 0.3 is 0 Å². The van der Waals surface area contributed by atoms with E-state index >= 15 is 0 Å². The minimum Gasteiger partial charge on any atom is -0.381 e. The fourth-order valence-corrected chi connectivity index (χ4v) is 3.66. The van der Waals surface area contributed by atoms with Crippen molar-refractivity contribution in [3.8, 4) is 0 Å².